The predicted molar refractivity (Wildman–Crippen MR) is 88.1 cm³/mol. The third-order valence-corrected chi connectivity index (χ3v) is 3.68. The summed E-state index contributed by atoms with van der Waals surface area (Å²) in [6, 6.07) is 7.43. The maximum Gasteiger partial charge on any atom is 0.272 e. The summed E-state index contributed by atoms with van der Waals surface area (Å²) in [4.78, 5) is 12.4. The molecule has 112 valence electrons. The van der Waals surface area contributed by atoms with Crippen LogP contribution in [0.25, 0.3) is 0 Å². The fourth-order valence-electron chi connectivity index (χ4n) is 2.18. The van der Waals surface area contributed by atoms with Gasteiger partial charge >= 0.3 is 0 Å². The summed E-state index contributed by atoms with van der Waals surface area (Å²) in [5.74, 6) is 0.671. The number of benzene rings is 1. The smallest absolute Gasteiger partial charge is 0.272 e. The molecule has 0 spiro atoms. The summed E-state index contributed by atoms with van der Waals surface area (Å²) in [7, 11) is 1.63. The van der Waals surface area contributed by atoms with E-state index in [0.29, 0.717) is 5.69 Å². The highest BCUT2D eigenvalue weighted by molar-refractivity contribution is 9.10. The summed E-state index contributed by atoms with van der Waals surface area (Å²) in [6.07, 6.45) is 2.91. The molecule has 1 aromatic carbocycles. The van der Waals surface area contributed by atoms with E-state index < -0.39 is 0 Å². The largest absolute Gasteiger partial charge is 0.497 e. The van der Waals surface area contributed by atoms with Crippen molar-refractivity contribution >= 4 is 27.5 Å². The Bertz CT molecular complexity index is 650. The molecule has 0 bridgehead atoms. The van der Waals surface area contributed by atoms with E-state index in [2.05, 4.69) is 28.2 Å². The van der Waals surface area contributed by atoms with Gasteiger partial charge in [-0.05, 0) is 59.1 Å². The molecule has 1 aromatic heterocycles. The van der Waals surface area contributed by atoms with Crippen molar-refractivity contribution in [2.24, 2.45) is 0 Å². The number of ether oxygens (including phenoxy) is 1. The zero-order valence-electron chi connectivity index (χ0n) is 12.4. The van der Waals surface area contributed by atoms with Crippen LogP contribution in [0.1, 0.15) is 29.4 Å². The van der Waals surface area contributed by atoms with E-state index in [1.165, 1.54) is 0 Å². The number of hydrogen-bond donors (Lipinski definition) is 1. The molecule has 1 amide bonds. The van der Waals surface area contributed by atoms with Crippen LogP contribution in [0.4, 0.5) is 5.69 Å². The van der Waals surface area contributed by atoms with Gasteiger partial charge in [0.2, 0.25) is 0 Å². The number of carbonyl (C=O) groups is 1. The Balaban J connectivity index is 2.22. The molecule has 1 heterocycles. The third kappa shape index (κ3) is 3.67. The van der Waals surface area contributed by atoms with Crippen LogP contribution >= 0.6 is 15.9 Å². The minimum absolute atomic E-state index is 0.109. The van der Waals surface area contributed by atoms with Crippen LogP contribution in [0.5, 0.6) is 5.75 Å². The highest BCUT2D eigenvalue weighted by Gasteiger charge is 2.14. The van der Waals surface area contributed by atoms with Gasteiger partial charge in [-0.15, -0.1) is 0 Å². The summed E-state index contributed by atoms with van der Waals surface area (Å²) < 4.78 is 8.04. The van der Waals surface area contributed by atoms with Gasteiger partial charge in [0.1, 0.15) is 11.4 Å². The summed E-state index contributed by atoms with van der Waals surface area (Å²) >= 11 is 3.42. The van der Waals surface area contributed by atoms with Gasteiger partial charge in [0, 0.05) is 22.9 Å². The van der Waals surface area contributed by atoms with E-state index in [1.807, 2.05) is 42.0 Å². The van der Waals surface area contributed by atoms with Crippen LogP contribution in [-0.2, 0) is 6.54 Å². The molecule has 0 aliphatic carbocycles. The molecule has 0 aliphatic heterocycles. The van der Waals surface area contributed by atoms with Crippen LogP contribution in [0.15, 0.2) is 34.9 Å². The molecule has 0 unspecified atom stereocenters. The number of rotatable bonds is 5. The Labute approximate surface area is 133 Å². The predicted octanol–water partition coefficient (Wildman–Crippen LogP) is 4.23. The summed E-state index contributed by atoms with van der Waals surface area (Å²) in [6.45, 7) is 4.85. The van der Waals surface area contributed by atoms with Crippen LogP contribution in [0.3, 0.4) is 0 Å². The lowest BCUT2D eigenvalue weighted by molar-refractivity contribution is 0.101. The topological polar surface area (TPSA) is 43.3 Å². The van der Waals surface area contributed by atoms with Gasteiger partial charge in [0.25, 0.3) is 5.91 Å². The molecule has 0 saturated heterocycles. The number of methoxy groups -OCH3 is 1. The fourth-order valence-corrected chi connectivity index (χ4v) is 2.64. The van der Waals surface area contributed by atoms with Gasteiger partial charge in [-0.1, -0.05) is 6.92 Å². The van der Waals surface area contributed by atoms with Crippen LogP contribution < -0.4 is 10.1 Å². The molecular weight excluding hydrogens is 332 g/mol. The van der Waals surface area contributed by atoms with Crippen LogP contribution in [0.2, 0.25) is 0 Å². The lowest BCUT2D eigenvalue weighted by Crippen LogP contribution is -2.17. The molecule has 4 nitrogen and oxygen atoms in total. The van der Waals surface area contributed by atoms with Gasteiger partial charge in [-0.2, -0.15) is 0 Å². The van der Waals surface area contributed by atoms with Crippen molar-refractivity contribution in [2.45, 2.75) is 26.8 Å². The second kappa shape index (κ2) is 6.80. The lowest BCUT2D eigenvalue weighted by Gasteiger charge is -2.11. The molecular formula is C16H19BrN2O2. The number of nitrogens with zero attached hydrogens (tertiary/aromatic N) is 1. The second-order valence-electron chi connectivity index (χ2n) is 4.87. The van der Waals surface area contributed by atoms with E-state index >= 15 is 0 Å². The first-order valence-electron chi connectivity index (χ1n) is 6.86. The molecule has 0 atom stereocenters. The van der Waals surface area contributed by atoms with Gasteiger partial charge in [0.15, 0.2) is 0 Å². The van der Waals surface area contributed by atoms with Gasteiger partial charge < -0.3 is 14.6 Å². The number of hydrogen-bond acceptors (Lipinski definition) is 2. The van der Waals surface area contributed by atoms with Crippen LogP contribution in [0, 0.1) is 6.92 Å². The minimum Gasteiger partial charge on any atom is -0.497 e. The Morgan fingerprint density at radius 1 is 1.38 bits per heavy atom. The van der Waals surface area contributed by atoms with Crippen molar-refractivity contribution in [1.29, 1.82) is 0 Å². The van der Waals surface area contributed by atoms with E-state index in [0.717, 1.165) is 34.4 Å². The monoisotopic (exact) mass is 350 g/mol. The van der Waals surface area contributed by atoms with Crippen molar-refractivity contribution in [2.75, 3.05) is 12.4 Å². The van der Waals surface area contributed by atoms with E-state index in [4.69, 9.17) is 4.74 Å². The fraction of sp³-hybridized carbons (Fsp3) is 0.312. The highest BCUT2D eigenvalue weighted by Crippen LogP contribution is 2.22. The average molecular weight is 351 g/mol. The van der Waals surface area contributed by atoms with Crippen LogP contribution in [-0.4, -0.2) is 17.6 Å². The molecule has 5 heteroatoms. The number of aryl methyl sites for hydroxylation is 2. The third-order valence-electron chi connectivity index (χ3n) is 3.24. The van der Waals surface area contributed by atoms with E-state index in [1.54, 1.807) is 7.11 Å². The molecule has 0 fully saturated rings. The maximum absolute atomic E-state index is 12.4. The van der Waals surface area contributed by atoms with Crippen molar-refractivity contribution in [3.05, 3.63) is 46.2 Å². The zero-order valence-corrected chi connectivity index (χ0v) is 14.0. The van der Waals surface area contributed by atoms with Crippen molar-refractivity contribution in [1.82, 2.24) is 4.57 Å². The quantitative estimate of drug-likeness (QED) is 0.876. The Morgan fingerprint density at radius 2 is 2.14 bits per heavy atom. The van der Waals surface area contributed by atoms with E-state index in [9.17, 15) is 4.79 Å². The Hall–Kier alpha value is -1.75. The molecule has 21 heavy (non-hydrogen) atoms. The Morgan fingerprint density at radius 3 is 2.76 bits per heavy atom. The minimum atomic E-state index is -0.109. The standard InChI is InChI=1S/C16H19BrN2O2/c1-4-7-19-10-12(17)9-15(19)16(20)18-14-6-5-13(21-3)8-11(14)2/h5-6,8-10H,4,7H2,1-3H3,(H,18,20). The Kier molecular flexibility index (Phi) is 5.07. The number of anilines is 1. The SMILES string of the molecule is CCCn1cc(Br)cc1C(=O)Nc1ccc(OC)cc1C. The van der Waals surface area contributed by atoms with Crippen molar-refractivity contribution in [3.63, 3.8) is 0 Å². The first-order valence-corrected chi connectivity index (χ1v) is 7.66. The molecule has 2 aromatic rings. The highest BCUT2D eigenvalue weighted by atomic mass is 79.9. The maximum atomic E-state index is 12.4. The number of nitrogens with one attached hydrogen (secondary N) is 1. The molecule has 0 aliphatic rings. The zero-order chi connectivity index (χ0) is 15.4. The van der Waals surface area contributed by atoms with Crippen molar-refractivity contribution in [3.8, 4) is 5.75 Å². The van der Waals surface area contributed by atoms with Gasteiger partial charge in [-0.25, -0.2) is 0 Å². The number of aromatic nitrogens is 1. The van der Waals surface area contributed by atoms with Gasteiger partial charge in [-0.3, -0.25) is 4.79 Å². The summed E-state index contributed by atoms with van der Waals surface area (Å²) in [5, 5.41) is 2.95. The van der Waals surface area contributed by atoms with Gasteiger partial charge in [0.05, 0.1) is 7.11 Å². The first kappa shape index (κ1) is 15.6. The molecule has 1 N–H and O–H groups in total. The lowest BCUT2D eigenvalue weighted by atomic mass is 10.2. The molecule has 0 saturated carbocycles. The number of halogens is 1. The molecule has 2 rings (SSSR count). The average Bonchev–Trinajstić information content (AvgIpc) is 2.82. The van der Waals surface area contributed by atoms with E-state index in [-0.39, 0.29) is 5.91 Å². The first-order chi connectivity index (χ1) is 10.0. The normalized spacial score (nSPS) is 10.5. The second-order valence-corrected chi connectivity index (χ2v) is 5.79. The van der Waals surface area contributed by atoms with Crippen molar-refractivity contribution < 1.29 is 9.53 Å². The summed E-state index contributed by atoms with van der Waals surface area (Å²) in [5.41, 5.74) is 2.41. The molecule has 0 radical (unpaired) electrons. The number of amides is 1. The number of carbonyl (C=O) groups excluding carboxylic acids is 1.